The van der Waals surface area contributed by atoms with Crippen LogP contribution in [0.2, 0.25) is 0 Å². The summed E-state index contributed by atoms with van der Waals surface area (Å²) >= 11 is 0. The molecule has 1 amide bonds. The van der Waals surface area contributed by atoms with Gasteiger partial charge in [0.15, 0.2) is 0 Å². The summed E-state index contributed by atoms with van der Waals surface area (Å²) in [6.45, 7) is 2.83. The maximum atomic E-state index is 12.8. The molecule has 0 saturated heterocycles. The molecule has 0 atom stereocenters. The van der Waals surface area contributed by atoms with Crippen molar-refractivity contribution in [2.45, 2.75) is 6.92 Å². The first-order valence-corrected chi connectivity index (χ1v) is 6.92. The number of nitrogens with zero attached hydrogens (tertiary/aromatic N) is 1. The predicted octanol–water partition coefficient (Wildman–Crippen LogP) is 2.66. The maximum Gasteiger partial charge on any atom is 0.259 e. The minimum Gasteiger partial charge on any atom is -0.320 e. The Bertz CT molecular complexity index is 668. The standard InChI is InChI=1S/C18H18N2O/c1-2-20(16-11-4-3-5-12-16)18(21)17-13-7-6-9-15(17)10-8-14-19/h3-7,9,11-13H,2,14,19H2,1H3. The molecule has 2 aromatic carbocycles. The van der Waals surface area contributed by atoms with Gasteiger partial charge in [0, 0.05) is 17.8 Å². The van der Waals surface area contributed by atoms with Crippen LogP contribution in [-0.2, 0) is 0 Å². The quantitative estimate of drug-likeness (QED) is 0.877. The lowest BCUT2D eigenvalue weighted by atomic mass is 10.1. The van der Waals surface area contributed by atoms with Gasteiger partial charge in [0.1, 0.15) is 0 Å². The number of hydrogen-bond acceptors (Lipinski definition) is 2. The fourth-order valence-corrected chi connectivity index (χ4v) is 2.12. The third-order valence-corrected chi connectivity index (χ3v) is 3.11. The molecule has 0 unspecified atom stereocenters. The summed E-state index contributed by atoms with van der Waals surface area (Å²) in [4.78, 5) is 14.5. The molecule has 0 aliphatic rings. The molecule has 21 heavy (non-hydrogen) atoms. The second-order valence-electron chi connectivity index (χ2n) is 4.44. The van der Waals surface area contributed by atoms with E-state index >= 15 is 0 Å². The number of amides is 1. The Balaban J connectivity index is 2.39. The van der Waals surface area contributed by atoms with Crippen LogP contribution in [0.3, 0.4) is 0 Å². The van der Waals surface area contributed by atoms with Crippen molar-refractivity contribution in [3.63, 3.8) is 0 Å². The average Bonchev–Trinajstić information content (AvgIpc) is 2.55. The monoisotopic (exact) mass is 278 g/mol. The number of anilines is 1. The summed E-state index contributed by atoms with van der Waals surface area (Å²) < 4.78 is 0. The highest BCUT2D eigenvalue weighted by Gasteiger charge is 2.17. The van der Waals surface area contributed by atoms with Crippen molar-refractivity contribution in [2.24, 2.45) is 5.73 Å². The van der Waals surface area contributed by atoms with Gasteiger partial charge < -0.3 is 10.6 Å². The van der Waals surface area contributed by atoms with Gasteiger partial charge in [-0.1, -0.05) is 42.2 Å². The Labute approximate surface area is 125 Å². The van der Waals surface area contributed by atoms with Crippen molar-refractivity contribution in [1.82, 2.24) is 0 Å². The van der Waals surface area contributed by atoms with E-state index in [0.717, 1.165) is 5.69 Å². The molecule has 0 bridgehead atoms. The number of carbonyl (C=O) groups excluding carboxylic acids is 1. The van der Waals surface area contributed by atoms with Crippen molar-refractivity contribution >= 4 is 11.6 Å². The molecule has 3 nitrogen and oxygen atoms in total. The maximum absolute atomic E-state index is 12.8. The van der Waals surface area contributed by atoms with Gasteiger partial charge in [-0.25, -0.2) is 0 Å². The molecule has 0 fully saturated rings. The van der Waals surface area contributed by atoms with E-state index in [-0.39, 0.29) is 12.5 Å². The molecule has 0 spiro atoms. The lowest BCUT2D eigenvalue weighted by Gasteiger charge is -2.21. The number of para-hydroxylation sites is 1. The molecule has 2 N–H and O–H groups in total. The van der Waals surface area contributed by atoms with Crippen LogP contribution in [-0.4, -0.2) is 19.0 Å². The van der Waals surface area contributed by atoms with Crippen LogP contribution in [0.1, 0.15) is 22.8 Å². The van der Waals surface area contributed by atoms with Gasteiger partial charge in [-0.2, -0.15) is 0 Å². The lowest BCUT2D eigenvalue weighted by molar-refractivity contribution is 0.0988. The molecule has 106 valence electrons. The Hall–Kier alpha value is -2.57. The van der Waals surface area contributed by atoms with Gasteiger partial charge in [-0.15, -0.1) is 0 Å². The van der Waals surface area contributed by atoms with Gasteiger partial charge in [-0.05, 0) is 31.2 Å². The smallest absolute Gasteiger partial charge is 0.259 e. The van der Waals surface area contributed by atoms with Crippen molar-refractivity contribution in [3.05, 3.63) is 65.7 Å². The second kappa shape index (κ2) is 7.28. The highest BCUT2D eigenvalue weighted by molar-refractivity contribution is 6.07. The molecule has 2 rings (SSSR count). The molecule has 0 aromatic heterocycles. The normalized spacial score (nSPS) is 9.62. The Kier molecular flexibility index (Phi) is 5.14. The van der Waals surface area contributed by atoms with E-state index in [4.69, 9.17) is 5.73 Å². The average molecular weight is 278 g/mol. The van der Waals surface area contributed by atoms with Crippen LogP contribution < -0.4 is 10.6 Å². The van der Waals surface area contributed by atoms with Gasteiger partial charge in [0.05, 0.1) is 12.1 Å². The highest BCUT2D eigenvalue weighted by atomic mass is 16.2. The van der Waals surface area contributed by atoms with Crippen LogP contribution in [0.5, 0.6) is 0 Å². The number of benzene rings is 2. The zero-order chi connectivity index (χ0) is 15.1. The van der Waals surface area contributed by atoms with Crippen LogP contribution in [0.4, 0.5) is 5.69 Å². The number of rotatable bonds is 3. The topological polar surface area (TPSA) is 46.3 Å². The Morgan fingerprint density at radius 2 is 1.76 bits per heavy atom. The molecular weight excluding hydrogens is 260 g/mol. The van der Waals surface area contributed by atoms with E-state index < -0.39 is 0 Å². The number of carbonyl (C=O) groups is 1. The van der Waals surface area contributed by atoms with E-state index in [0.29, 0.717) is 17.7 Å². The van der Waals surface area contributed by atoms with Crippen LogP contribution in [0.15, 0.2) is 54.6 Å². The molecule has 0 heterocycles. The van der Waals surface area contributed by atoms with E-state index in [9.17, 15) is 4.79 Å². The third-order valence-electron chi connectivity index (χ3n) is 3.11. The van der Waals surface area contributed by atoms with Crippen molar-refractivity contribution < 1.29 is 4.79 Å². The molecular formula is C18H18N2O. The van der Waals surface area contributed by atoms with Gasteiger partial charge in [0.2, 0.25) is 0 Å². The largest absolute Gasteiger partial charge is 0.320 e. The third kappa shape index (κ3) is 3.50. The van der Waals surface area contributed by atoms with Crippen molar-refractivity contribution in [3.8, 4) is 11.8 Å². The highest BCUT2D eigenvalue weighted by Crippen LogP contribution is 2.18. The van der Waals surface area contributed by atoms with Gasteiger partial charge in [0.25, 0.3) is 5.91 Å². The first-order chi connectivity index (χ1) is 10.3. The summed E-state index contributed by atoms with van der Waals surface area (Å²) in [7, 11) is 0. The summed E-state index contributed by atoms with van der Waals surface area (Å²) in [6.07, 6.45) is 0. The molecule has 0 saturated carbocycles. The van der Waals surface area contributed by atoms with Crippen molar-refractivity contribution in [2.75, 3.05) is 18.0 Å². The summed E-state index contributed by atoms with van der Waals surface area (Å²) in [5, 5.41) is 0. The van der Waals surface area contributed by atoms with Crippen molar-refractivity contribution in [1.29, 1.82) is 0 Å². The van der Waals surface area contributed by atoms with E-state index in [1.165, 1.54) is 0 Å². The fraction of sp³-hybridized carbons (Fsp3) is 0.167. The first-order valence-electron chi connectivity index (χ1n) is 6.92. The number of nitrogens with two attached hydrogens (primary N) is 1. The molecule has 0 radical (unpaired) electrons. The van der Waals surface area contributed by atoms with Crippen LogP contribution in [0.25, 0.3) is 0 Å². The molecule has 0 aliphatic heterocycles. The molecule has 0 aliphatic carbocycles. The van der Waals surface area contributed by atoms with E-state index in [2.05, 4.69) is 11.8 Å². The van der Waals surface area contributed by atoms with E-state index in [1.54, 1.807) is 11.0 Å². The minimum atomic E-state index is -0.0504. The van der Waals surface area contributed by atoms with E-state index in [1.807, 2.05) is 55.5 Å². The second-order valence-corrected chi connectivity index (χ2v) is 4.44. The van der Waals surface area contributed by atoms with Crippen LogP contribution in [0, 0.1) is 11.8 Å². The van der Waals surface area contributed by atoms with Gasteiger partial charge in [-0.3, -0.25) is 4.79 Å². The Morgan fingerprint density at radius 1 is 1.10 bits per heavy atom. The first kappa shape index (κ1) is 14.8. The molecule has 2 aromatic rings. The fourth-order valence-electron chi connectivity index (χ4n) is 2.12. The lowest BCUT2D eigenvalue weighted by Crippen LogP contribution is -2.31. The summed E-state index contributed by atoms with van der Waals surface area (Å²) in [5.41, 5.74) is 7.60. The Morgan fingerprint density at radius 3 is 2.43 bits per heavy atom. The summed E-state index contributed by atoms with van der Waals surface area (Å²) in [6, 6.07) is 17.0. The predicted molar refractivity (Wildman–Crippen MR) is 86.2 cm³/mol. The SMILES string of the molecule is CCN(C(=O)c1ccccc1C#CCN)c1ccccc1. The number of hydrogen-bond donors (Lipinski definition) is 1. The molecule has 3 heteroatoms. The zero-order valence-corrected chi connectivity index (χ0v) is 12.0. The van der Waals surface area contributed by atoms with Crippen LogP contribution >= 0.6 is 0 Å². The summed E-state index contributed by atoms with van der Waals surface area (Å²) in [5.74, 6) is 5.71. The zero-order valence-electron chi connectivity index (χ0n) is 12.0. The van der Waals surface area contributed by atoms with Gasteiger partial charge >= 0.3 is 0 Å². The minimum absolute atomic E-state index is 0.0504.